The average molecular weight is 336 g/mol. The molecule has 1 saturated heterocycles. The maximum atomic E-state index is 12.2. The highest BCUT2D eigenvalue weighted by molar-refractivity contribution is 7.98. The molecule has 0 saturated carbocycles. The first-order valence-electron chi connectivity index (χ1n) is 7.87. The maximum Gasteiger partial charge on any atom is 0.237 e. The van der Waals surface area contributed by atoms with Crippen molar-refractivity contribution in [2.24, 2.45) is 0 Å². The fourth-order valence-electron chi connectivity index (χ4n) is 2.59. The van der Waals surface area contributed by atoms with E-state index in [0.717, 1.165) is 24.3 Å². The Bertz CT molecular complexity index is 512. The Kier molecular flexibility index (Phi) is 7.35. The molecule has 0 unspecified atom stereocenters. The first kappa shape index (κ1) is 17.7. The summed E-state index contributed by atoms with van der Waals surface area (Å²) in [4.78, 5) is 30.4. The summed E-state index contributed by atoms with van der Waals surface area (Å²) in [5.41, 5.74) is 1.05. The Morgan fingerprint density at radius 2 is 2.43 bits per heavy atom. The number of amides is 2. The number of aromatic nitrogens is 1. The molecule has 0 radical (unpaired) electrons. The van der Waals surface area contributed by atoms with Gasteiger partial charge in [0.05, 0.1) is 12.5 Å². The smallest absolute Gasteiger partial charge is 0.237 e. The number of nitrogens with one attached hydrogen (secondary N) is 2. The fourth-order valence-corrected chi connectivity index (χ4v) is 3.02. The SMILES string of the molecule is CSCCCNC(=O)C[C@H]1C(=O)NCCN1Cc1cccnc1. The molecule has 1 aliphatic heterocycles. The highest BCUT2D eigenvalue weighted by atomic mass is 32.2. The molecule has 2 rings (SSSR count). The van der Waals surface area contributed by atoms with E-state index in [4.69, 9.17) is 0 Å². The molecule has 1 aromatic rings. The summed E-state index contributed by atoms with van der Waals surface area (Å²) in [5, 5.41) is 5.75. The lowest BCUT2D eigenvalue weighted by molar-refractivity contribution is -0.134. The summed E-state index contributed by atoms with van der Waals surface area (Å²) in [5.74, 6) is 0.890. The molecule has 0 spiro atoms. The second-order valence-electron chi connectivity index (χ2n) is 5.54. The van der Waals surface area contributed by atoms with E-state index in [2.05, 4.69) is 20.5 Å². The zero-order valence-electron chi connectivity index (χ0n) is 13.5. The van der Waals surface area contributed by atoms with Crippen LogP contribution in [0.3, 0.4) is 0 Å². The summed E-state index contributed by atoms with van der Waals surface area (Å²) < 4.78 is 0. The van der Waals surface area contributed by atoms with Gasteiger partial charge >= 0.3 is 0 Å². The Morgan fingerprint density at radius 3 is 3.17 bits per heavy atom. The molecule has 2 heterocycles. The van der Waals surface area contributed by atoms with Crippen molar-refractivity contribution in [1.82, 2.24) is 20.5 Å². The van der Waals surface area contributed by atoms with Gasteiger partial charge in [-0.25, -0.2) is 0 Å². The van der Waals surface area contributed by atoms with Gasteiger partial charge < -0.3 is 10.6 Å². The van der Waals surface area contributed by atoms with E-state index in [1.807, 2.05) is 18.4 Å². The second kappa shape index (κ2) is 9.52. The van der Waals surface area contributed by atoms with Crippen LogP contribution in [0.2, 0.25) is 0 Å². The molecule has 2 amide bonds. The molecule has 126 valence electrons. The minimum atomic E-state index is -0.412. The van der Waals surface area contributed by atoms with Crippen molar-refractivity contribution in [2.75, 3.05) is 31.6 Å². The van der Waals surface area contributed by atoms with Gasteiger partial charge in [-0.3, -0.25) is 19.5 Å². The third-order valence-electron chi connectivity index (χ3n) is 3.78. The van der Waals surface area contributed by atoms with Crippen LogP contribution in [0, 0.1) is 0 Å². The summed E-state index contributed by atoms with van der Waals surface area (Å²) in [6.07, 6.45) is 6.72. The van der Waals surface area contributed by atoms with Gasteiger partial charge in [-0.1, -0.05) is 6.07 Å². The summed E-state index contributed by atoms with van der Waals surface area (Å²) in [6, 6.07) is 3.45. The van der Waals surface area contributed by atoms with Crippen LogP contribution in [0.4, 0.5) is 0 Å². The number of carbonyl (C=O) groups is 2. The van der Waals surface area contributed by atoms with Gasteiger partial charge in [-0.15, -0.1) is 0 Å². The molecule has 7 heteroatoms. The third-order valence-corrected chi connectivity index (χ3v) is 4.47. The molecule has 0 aliphatic carbocycles. The van der Waals surface area contributed by atoms with Gasteiger partial charge in [0.1, 0.15) is 0 Å². The predicted octanol–water partition coefficient (Wildman–Crippen LogP) is 0.641. The molecule has 1 aromatic heterocycles. The van der Waals surface area contributed by atoms with Crippen LogP contribution >= 0.6 is 11.8 Å². The number of hydrogen-bond donors (Lipinski definition) is 2. The van der Waals surface area contributed by atoms with Crippen LogP contribution in [0.15, 0.2) is 24.5 Å². The number of piperazine rings is 1. The number of rotatable bonds is 8. The minimum Gasteiger partial charge on any atom is -0.356 e. The Morgan fingerprint density at radius 1 is 1.57 bits per heavy atom. The van der Waals surface area contributed by atoms with Crippen LogP contribution in [-0.2, 0) is 16.1 Å². The van der Waals surface area contributed by atoms with E-state index in [1.54, 1.807) is 24.2 Å². The molecule has 0 aromatic carbocycles. The zero-order valence-corrected chi connectivity index (χ0v) is 14.3. The van der Waals surface area contributed by atoms with Crippen molar-refractivity contribution in [3.63, 3.8) is 0 Å². The molecule has 1 fully saturated rings. The first-order chi connectivity index (χ1) is 11.2. The first-order valence-corrected chi connectivity index (χ1v) is 9.26. The van der Waals surface area contributed by atoms with Gasteiger partial charge in [-0.05, 0) is 30.1 Å². The topological polar surface area (TPSA) is 74.3 Å². The Balaban J connectivity index is 1.89. The van der Waals surface area contributed by atoms with Gasteiger partial charge in [0.25, 0.3) is 0 Å². The molecular weight excluding hydrogens is 312 g/mol. The van der Waals surface area contributed by atoms with E-state index in [1.165, 1.54) is 0 Å². The lowest BCUT2D eigenvalue weighted by Gasteiger charge is -2.34. The van der Waals surface area contributed by atoms with Crippen LogP contribution in [0.1, 0.15) is 18.4 Å². The number of hydrogen-bond acceptors (Lipinski definition) is 5. The van der Waals surface area contributed by atoms with Gasteiger partial charge in [0.2, 0.25) is 11.8 Å². The van der Waals surface area contributed by atoms with E-state index < -0.39 is 6.04 Å². The van der Waals surface area contributed by atoms with E-state index >= 15 is 0 Å². The van der Waals surface area contributed by atoms with Crippen molar-refractivity contribution in [3.05, 3.63) is 30.1 Å². The third kappa shape index (κ3) is 5.84. The monoisotopic (exact) mass is 336 g/mol. The summed E-state index contributed by atoms with van der Waals surface area (Å²) in [6.45, 7) is 2.65. The van der Waals surface area contributed by atoms with Crippen molar-refractivity contribution in [3.8, 4) is 0 Å². The highest BCUT2D eigenvalue weighted by Gasteiger charge is 2.31. The van der Waals surface area contributed by atoms with E-state index in [9.17, 15) is 9.59 Å². The minimum absolute atomic E-state index is 0.0654. The molecular formula is C16H24N4O2S. The number of carbonyl (C=O) groups excluding carboxylic acids is 2. The largest absolute Gasteiger partial charge is 0.356 e. The van der Waals surface area contributed by atoms with Crippen molar-refractivity contribution in [1.29, 1.82) is 0 Å². The number of pyridine rings is 1. The molecule has 0 bridgehead atoms. The molecule has 1 aliphatic rings. The van der Waals surface area contributed by atoms with Gasteiger partial charge in [-0.2, -0.15) is 11.8 Å². The summed E-state index contributed by atoms with van der Waals surface area (Å²) in [7, 11) is 0. The van der Waals surface area contributed by atoms with Crippen LogP contribution in [0.25, 0.3) is 0 Å². The molecule has 1 atom stereocenters. The highest BCUT2D eigenvalue weighted by Crippen LogP contribution is 2.13. The number of nitrogens with zero attached hydrogens (tertiary/aromatic N) is 2. The maximum absolute atomic E-state index is 12.2. The Labute approximate surface area is 141 Å². The second-order valence-corrected chi connectivity index (χ2v) is 6.52. The van der Waals surface area contributed by atoms with Gasteiger partial charge in [0.15, 0.2) is 0 Å². The fraction of sp³-hybridized carbons (Fsp3) is 0.562. The van der Waals surface area contributed by atoms with Crippen molar-refractivity contribution >= 4 is 23.6 Å². The quantitative estimate of drug-likeness (QED) is 0.682. The lowest BCUT2D eigenvalue weighted by Crippen LogP contribution is -2.56. The Hall–Kier alpha value is -1.60. The molecule has 23 heavy (non-hydrogen) atoms. The molecule has 6 nitrogen and oxygen atoms in total. The van der Waals surface area contributed by atoms with Crippen LogP contribution in [-0.4, -0.2) is 59.4 Å². The normalized spacial score (nSPS) is 18.5. The zero-order chi connectivity index (χ0) is 16.5. The average Bonchev–Trinajstić information content (AvgIpc) is 2.56. The van der Waals surface area contributed by atoms with E-state index in [0.29, 0.717) is 19.6 Å². The van der Waals surface area contributed by atoms with E-state index in [-0.39, 0.29) is 18.2 Å². The lowest BCUT2D eigenvalue weighted by atomic mass is 10.1. The van der Waals surface area contributed by atoms with Crippen molar-refractivity contribution in [2.45, 2.75) is 25.4 Å². The van der Waals surface area contributed by atoms with Crippen LogP contribution in [0.5, 0.6) is 0 Å². The molecule has 2 N–H and O–H groups in total. The van der Waals surface area contributed by atoms with Crippen LogP contribution < -0.4 is 10.6 Å². The standard InChI is InChI=1S/C16H24N4O2S/c1-23-9-3-6-18-15(21)10-14-16(22)19-7-8-20(14)12-13-4-2-5-17-11-13/h2,4-5,11,14H,3,6-10,12H2,1H3,(H,18,21)(H,19,22)/t14-/m0/s1. The van der Waals surface area contributed by atoms with Crippen molar-refractivity contribution < 1.29 is 9.59 Å². The van der Waals surface area contributed by atoms with Gasteiger partial charge in [0, 0.05) is 38.6 Å². The predicted molar refractivity (Wildman–Crippen MR) is 92.1 cm³/mol. The number of thioether (sulfide) groups is 1. The summed E-state index contributed by atoms with van der Waals surface area (Å²) >= 11 is 1.76.